The van der Waals surface area contributed by atoms with Crippen molar-refractivity contribution in [2.75, 3.05) is 6.54 Å². The summed E-state index contributed by atoms with van der Waals surface area (Å²) in [5.41, 5.74) is 0.665. The molecule has 1 N–H and O–H groups in total. The highest BCUT2D eigenvalue weighted by molar-refractivity contribution is 9.10. The predicted octanol–water partition coefficient (Wildman–Crippen LogP) is 2.78. The minimum atomic E-state index is -3.67. The van der Waals surface area contributed by atoms with Crippen LogP contribution in [0.2, 0.25) is 0 Å². The molecule has 116 valence electrons. The molecule has 1 aliphatic rings. The van der Waals surface area contributed by atoms with Crippen molar-refractivity contribution in [3.63, 3.8) is 0 Å². The summed E-state index contributed by atoms with van der Waals surface area (Å²) in [6.45, 7) is 2.13. The van der Waals surface area contributed by atoms with E-state index in [1.165, 1.54) is 4.31 Å². The predicted molar refractivity (Wildman–Crippen MR) is 82.7 cm³/mol. The molecule has 2 rings (SSSR count). The van der Waals surface area contributed by atoms with E-state index in [2.05, 4.69) is 15.9 Å². The summed E-state index contributed by atoms with van der Waals surface area (Å²) in [5.74, 6) is -0.965. The Morgan fingerprint density at radius 3 is 2.81 bits per heavy atom. The van der Waals surface area contributed by atoms with E-state index in [0.717, 1.165) is 12.8 Å². The summed E-state index contributed by atoms with van der Waals surface area (Å²) in [6.07, 6.45) is 2.08. The van der Waals surface area contributed by atoms with E-state index < -0.39 is 22.0 Å². The summed E-state index contributed by atoms with van der Waals surface area (Å²) >= 11 is 3.29. The monoisotopic (exact) mass is 375 g/mol. The SMILES string of the molecule is Cc1ccc(Br)cc1S(=O)(=O)N1CCCCC1CC(=O)O. The standard InChI is InChI=1S/C14H18BrNO4S/c1-10-5-6-11(15)8-13(10)21(19,20)16-7-3-2-4-12(16)9-14(17)18/h5-6,8,12H,2-4,7,9H2,1H3,(H,17,18). The fourth-order valence-corrected chi connectivity index (χ4v) is 5.13. The maximum absolute atomic E-state index is 12.9. The van der Waals surface area contributed by atoms with Gasteiger partial charge in [0.25, 0.3) is 0 Å². The summed E-state index contributed by atoms with van der Waals surface area (Å²) in [5, 5.41) is 8.99. The van der Waals surface area contributed by atoms with Crippen molar-refractivity contribution in [2.24, 2.45) is 0 Å². The minimum absolute atomic E-state index is 0.147. The van der Waals surface area contributed by atoms with Crippen molar-refractivity contribution >= 4 is 31.9 Å². The van der Waals surface area contributed by atoms with Gasteiger partial charge < -0.3 is 5.11 Å². The van der Waals surface area contributed by atoms with Crippen LogP contribution in [0.4, 0.5) is 0 Å². The van der Waals surface area contributed by atoms with E-state index in [0.29, 0.717) is 23.0 Å². The Labute approximate surface area is 133 Å². The molecule has 1 saturated heterocycles. The van der Waals surface area contributed by atoms with E-state index in [-0.39, 0.29) is 11.3 Å². The van der Waals surface area contributed by atoms with Gasteiger partial charge in [0.1, 0.15) is 0 Å². The molecule has 0 aliphatic carbocycles. The van der Waals surface area contributed by atoms with Crippen LogP contribution >= 0.6 is 15.9 Å². The molecule has 21 heavy (non-hydrogen) atoms. The van der Waals surface area contributed by atoms with Gasteiger partial charge in [0, 0.05) is 17.1 Å². The largest absolute Gasteiger partial charge is 0.481 e. The summed E-state index contributed by atoms with van der Waals surface area (Å²) in [4.78, 5) is 11.2. The number of aliphatic carboxylic acids is 1. The van der Waals surface area contributed by atoms with E-state index in [9.17, 15) is 13.2 Å². The second-order valence-electron chi connectivity index (χ2n) is 5.27. The van der Waals surface area contributed by atoms with Gasteiger partial charge in [-0.15, -0.1) is 0 Å². The van der Waals surface area contributed by atoms with Crippen molar-refractivity contribution in [1.82, 2.24) is 4.31 Å². The van der Waals surface area contributed by atoms with Gasteiger partial charge in [0.05, 0.1) is 11.3 Å². The van der Waals surface area contributed by atoms with Gasteiger partial charge in [0.2, 0.25) is 10.0 Å². The van der Waals surface area contributed by atoms with Crippen LogP contribution in [-0.4, -0.2) is 36.4 Å². The van der Waals surface area contributed by atoms with Crippen LogP contribution in [0.3, 0.4) is 0 Å². The summed E-state index contributed by atoms with van der Waals surface area (Å²) < 4.78 is 27.8. The Bertz CT molecular complexity index is 644. The van der Waals surface area contributed by atoms with Crippen LogP contribution in [0.25, 0.3) is 0 Å². The first-order chi connectivity index (χ1) is 9.82. The molecule has 1 fully saturated rings. The second-order valence-corrected chi connectivity index (χ2v) is 8.05. The molecule has 0 radical (unpaired) electrons. The first kappa shape index (κ1) is 16.5. The maximum atomic E-state index is 12.9. The molecule has 0 bridgehead atoms. The van der Waals surface area contributed by atoms with E-state index in [1.54, 1.807) is 25.1 Å². The number of benzene rings is 1. The first-order valence-corrected chi connectivity index (χ1v) is 9.05. The lowest BCUT2D eigenvalue weighted by Gasteiger charge is -2.34. The lowest BCUT2D eigenvalue weighted by molar-refractivity contribution is -0.138. The van der Waals surface area contributed by atoms with Crippen LogP contribution in [0, 0.1) is 6.92 Å². The van der Waals surface area contributed by atoms with Crippen molar-refractivity contribution in [2.45, 2.75) is 43.5 Å². The van der Waals surface area contributed by atoms with Gasteiger partial charge in [-0.05, 0) is 37.5 Å². The zero-order valence-corrected chi connectivity index (χ0v) is 14.2. The highest BCUT2D eigenvalue weighted by Gasteiger charge is 2.35. The molecule has 0 spiro atoms. The minimum Gasteiger partial charge on any atom is -0.481 e. The average Bonchev–Trinajstić information content (AvgIpc) is 2.41. The molecule has 1 aliphatic heterocycles. The van der Waals surface area contributed by atoms with Crippen molar-refractivity contribution in [3.05, 3.63) is 28.2 Å². The maximum Gasteiger partial charge on any atom is 0.304 e. The molecule has 1 atom stereocenters. The normalized spacial score (nSPS) is 20.4. The number of carboxylic acid groups (broad SMARTS) is 1. The molecule has 1 heterocycles. The third-order valence-electron chi connectivity index (χ3n) is 3.72. The molecule has 1 aromatic carbocycles. The molecule has 7 heteroatoms. The number of halogens is 1. The number of piperidine rings is 1. The van der Waals surface area contributed by atoms with E-state index >= 15 is 0 Å². The average molecular weight is 376 g/mol. The zero-order valence-electron chi connectivity index (χ0n) is 11.8. The van der Waals surface area contributed by atoms with Gasteiger partial charge in [-0.3, -0.25) is 4.79 Å². The zero-order chi connectivity index (χ0) is 15.6. The number of carbonyl (C=O) groups is 1. The number of sulfonamides is 1. The Kier molecular flexibility index (Phi) is 5.06. The van der Waals surface area contributed by atoms with Crippen molar-refractivity contribution in [1.29, 1.82) is 0 Å². The fraction of sp³-hybridized carbons (Fsp3) is 0.500. The summed E-state index contributed by atoms with van der Waals surface area (Å²) in [7, 11) is -3.67. The van der Waals surface area contributed by atoms with Gasteiger partial charge >= 0.3 is 5.97 Å². The van der Waals surface area contributed by atoms with E-state index in [4.69, 9.17) is 5.11 Å². The lowest BCUT2D eigenvalue weighted by Crippen LogP contribution is -2.44. The smallest absolute Gasteiger partial charge is 0.304 e. The Morgan fingerprint density at radius 1 is 1.43 bits per heavy atom. The number of carboxylic acids is 1. The number of rotatable bonds is 4. The fourth-order valence-electron chi connectivity index (χ4n) is 2.67. The highest BCUT2D eigenvalue weighted by atomic mass is 79.9. The highest BCUT2D eigenvalue weighted by Crippen LogP contribution is 2.30. The Hall–Kier alpha value is -0.920. The number of hydrogen-bond acceptors (Lipinski definition) is 3. The molecule has 5 nitrogen and oxygen atoms in total. The quantitative estimate of drug-likeness (QED) is 0.877. The van der Waals surface area contributed by atoms with Crippen LogP contribution in [0.15, 0.2) is 27.6 Å². The van der Waals surface area contributed by atoms with Gasteiger partial charge in [-0.25, -0.2) is 8.42 Å². The van der Waals surface area contributed by atoms with Crippen molar-refractivity contribution < 1.29 is 18.3 Å². The molecule has 0 saturated carbocycles. The molecular weight excluding hydrogens is 358 g/mol. The second kappa shape index (κ2) is 6.46. The summed E-state index contributed by atoms with van der Waals surface area (Å²) in [6, 6.07) is 4.66. The van der Waals surface area contributed by atoms with Gasteiger partial charge in [-0.2, -0.15) is 4.31 Å². The lowest BCUT2D eigenvalue weighted by atomic mass is 10.0. The topological polar surface area (TPSA) is 74.7 Å². The van der Waals surface area contributed by atoms with Gasteiger partial charge in [0.15, 0.2) is 0 Å². The Morgan fingerprint density at radius 2 is 2.14 bits per heavy atom. The van der Waals surface area contributed by atoms with Crippen LogP contribution in [0.1, 0.15) is 31.2 Å². The third-order valence-corrected chi connectivity index (χ3v) is 6.31. The van der Waals surface area contributed by atoms with E-state index in [1.807, 2.05) is 0 Å². The number of nitrogens with zero attached hydrogens (tertiary/aromatic N) is 1. The molecule has 1 aromatic rings. The molecular formula is C14H18BrNO4S. The molecule has 1 unspecified atom stereocenters. The molecule has 0 amide bonds. The van der Waals surface area contributed by atoms with Crippen LogP contribution < -0.4 is 0 Å². The molecule has 0 aromatic heterocycles. The first-order valence-electron chi connectivity index (χ1n) is 6.82. The van der Waals surface area contributed by atoms with Crippen LogP contribution in [0.5, 0.6) is 0 Å². The third kappa shape index (κ3) is 3.64. The van der Waals surface area contributed by atoms with Crippen LogP contribution in [-0.2, 0) is 14.8 Å². The number of aryl methyl sites for hydroxylation is 1. The van der Waals surface area contributed by atoms with Crippen molar-refractivity contribution in [3.8, 4) is 0 Å². The Balaban J connectivity index is 2.40. The van der Waals surface area contributed by atoms with Gasteiger partial charge in [-0.1, -0.05) is 28.4 Å². The number of hydrogen-bond donors (Lipinski definition) is 1.